The Morgan fingerprint density at radius 2 is 1.95 bits per heavy atom. The minimum absolute atomic E-state index is 0.0464. The first-order chi connectivity index (χ1) is 9.45. The molecule has 1 saturated heterocycles. The Morgan fingerprint density at radius 1 is 1.30 bits per heavy atom. The molecular formula is C15H19NO4. The number of carbonyl (C=O) groups is 2. The number of rotatable bonds is 4. The molecule has 1 atom stereocenters. The number of hydrogen-bond donors (Lipinski definition) is 1. The van der Waals surface area contributed by atoms with Gasteiger partial charge in [-0.3, -0.25) is 9.59 Å². The van der Waals surface area contributed by atoms with Crippen LogP contribution in [0.5, 0.6) is 5.75 Å². The van der Waals surface area contributed by atoms with Gasteiger partial charge < -0.3 is 14.7 Å². The van der Waals surface area contributed by atoms with Gasteiger partial charge in [0.05, 0.1) is 5.92 Å². The van der Waals surface area contributed by atoms with Crippen LogP contribution in [0.3, 0.4) is 0 Å². The lowest BCUT2D eigenvalue weighted by atomic mass is 10.1. The number of hydrogen-bond acceptors (Lipinski definition) is 3. The minimum atomic E-state index is -0.837. The lowest BCUT2D eigenvalue weighted by molar-refractivity contribution is -0.141. The van der Waals surface area contributed by atoms with Crippen molar-refractivity contribution in [2.75, 3.05) is 19.7 Å². The van der Waals surface area contributed by atoms with Crippen LogP contribution < -0.4 is 4.74 Å². The molecule has 0 saturated carbocycles. The Morgan fingerprint density at radius 3 is 2.50 bits per heavy atom. The molecule has 20 heavy (non-hydrogen) atoms. The molecule has 1 aliphatic heterocycles. The number of aryl methyl sites for hydroxylation is 2. The van der Waals surface area contributed by atoms with Gasteiger partial charge in [0.25, 0.3) is 5.91 Å². The van der Waals surface area contributed by atoms with Crippen LogP contribution in [0.1, 0.15) is 17.5 Å². The number of aliphatic carboxylic acids is 1. The summed E-state index contributed by atoms with van der Waals surface area (Å²) in [4.78, 5) is 24.4. The molecular weight excluding hydrogens is 258 g/mol. The summed E-state index contributed by atoms with van der Waals surface area (Å²) in [5.74, 6) is -0.770. The van der Waals surface area contributed by atoms with E-state index in [9.17, 15) is 9.59 Å². The van der Waals surface area contributed by atoms with Crippen LogP contribution in [0.15, 0.2) is 18.2 Å². The van der Waals surface area contributed by atoms with Crippen molar-refractivity contribution in [1.82, 2.24) is 4.90 Å². The third kappa shape index (κ3) is 3.50. The van der Waals surface area contributed by atoms with Gasteiger partial charge in [0.2, 0.25) is 0 Å². The molecule has 1 aromatic carbocycles. The molecule has 1 N–H and O–H groups in total. The lowest BCUT2D eigenvalue weighted by Gasteiger charge is -2.16. The summed E-state index contributed by atoms with van der Waals surface area (Å²) in [6.45, 7) is 4.67. The fraction of sp³-hybridized carbons (Fsp3) is 0.467. The summed E-state index contributed by atoms with van der Waals surface area (Å²) in [6, 6.07) is 5.79. The van der Waals surface area contributed by atoms with Crippen molar-refractivity contribution < 1.29 is 19.4 Å². The summed E-state index contributed by atoms with van der Waals surface area (Å²) in [5, 5.41) is 8.91. The molecule has 5 heteroatoms. The number of carboxylic acid groups (broad SMARTS) is 1. The maximum absolute atomic E-state index is 12.0. The Hall–Kier alpha value is -2.04. The highest BCUT2D eigenvalue weighted by Gasteiger charge is 2.30. The van der Waals surface area contributed by atoms with Crippen molar-refractivity contribution >= 4 is 11.9 Å². The Kier molecular flexibility index (Phi) is 4.27. The summed E-state index contributed by atoms with van der Waals surface area (Å²) in [7, 11) is 0. The van der Waals surface area contributed by atoms with Crippen LogP contribution in [0.25, 0.3) is 0 Å². The predicted octanol–water partition coefficient (Wildman–Crippen LogP) is 1.62. The molecule has 0 bridgehead atoms. The highest BCUT2D eigenvalue weighted by molar-refractivity contribution is 5.80. The van der Waals surface area contributed by atoms with Crippen molar-refractivity contribution in [1.29, 1.82) is 0 Å². The number of benzene rings is 1. The molecule has 108 valence electrons. The average Bonchev–Trinajstić information content (AvgIpc) is 2.84. The first-order valence-electron chi connectivity index (χ1n) is 6.67. The van der Waals surface area contributed by atoms with Crippen LogP contribution in [0, 0.1) is 19.8 Å². The van der Waals surface area contributed by atoms with Gasteiger partial charge in [-0.05, 0) is 43.5 Å². The van der Waals surface area contributed by atoms with E-state index in [0.717, 1.165) is 11.1 Å². The largest absolute Gasteiger partial charge is 0.484 e. The lowest BCUT2D eigenvalue weighted by Crippen LogP contribution is -2.33. The summed E-state index contributed by atoms with van der Waals surface area (Å²) in [5.41, 5.74) is 2.17. The number of ether oxygens (including phenoxy) is 1. The number of carbonyl (C=O) groups excluding carboxylic acids is 1. The van der Waals surface area contributed by atoms with E-state index in [1.54, 1.807) is 4.90 Å². The molecule has 5 nitrogen and oxygen atoms in total. The molecule has 1 heterocycles. The van der Waals surface area contributed by atoms with Crippen LogP contribution in [-0.4, -0.2) is 41.6 Å². The maximum Gasteiger partial charge on any atom is 0.308 e. The maximum atomic E-state index is 12.0. The van der Waals surface area contributed by atoms with Gasteiger partial charge in [0.1, 0.15) is 5.75 Å². The quantitative estimate of drug-likeness (QED) is 0.908. The van der Waals surface area contributed by atoms with E-state index in [0.29, 0.717) is 18.7 Å². The SMILES string of the molecule is Cc1cc(C)cc(OCC(=O)N2CCC(C(=O)O)C2)c1. The van der Waals surface area contributed by atoms with E-state index < -0.39 is 11.9 Å². The highest BCUT2D eigenvalue weighted by Crippen LogP contribution is 2.18. The van der Waals surface area contributed by atoms with E-state index in [1.165, 1.54) is 0 Å². The molecule has 2 rings (SSSR count). The van der Waals surface area contributed by atoms with Crippen molar-refractivity contribution in [2.24, 2.45) is 5.92 Å². The second kappa shape index (κ2) is 5.94. The van der Waals surface area contributed by atoms with Gasteiger partial charge in [0.15, 0.2) is 6.61 Å². The van der Waals surface area contributed by atoms with Gasteiger partial charge >= 0.3 is 5.97 Å². The Bertz CT molecular complexity index is 506. The molecule has 1 aromatic rings. The minimum Gasteiger partial charge on any atom is -0.484 e. The summed E-state index contributed by atoms with van der Waals surface area (Å²) >= 11 is 0. The van der Waals surface area contributed by atoms with Crippen LogP contribution in [0.2, 0.25) is 0 Å². The van der Waals surface area contributed by atoms with Gasteiger partial charge in [0, 0.05) is 13.1 Å². The Balaban J connectivity index is 1.88. The zero-order valence-electron chi connectivity index (χ0n) is 11.8. The van der Waals surface area contributed by atoms with Gasteiger partial charge in [-0.1, -0.05) is 6.07 Å². The first kappa shape index (κ1) is 14.4. The van der Waals surface area contributed by atoms with E-state index >= 15 is 0 Å². The molecule has 0 aliphatic carbocycles. The zero-order valence-corrected chi connectivity index (χ0v) is 11.8. The number of nitrogens with zero attached hydrogens (tertiary/aromatic N) is 1. The molecule has 1 aliphatic rings. The smallest absolute Gasteiger partial charge is 0.308 e. The van der Waals surface area contributed by atoms with E-state index in [-0.39, 0.29) is 19.1 Å². The number of likely N-dealkylation sites (tertiary alicyclic amines) is 1. The van der Waals surface area contributed by atoms with Crippen molar-refractivity contribution in [2.45, 2.75) is 20.3 Å². The van der Waals surface area contributed by atoms with E-state index in [2.05, 4.69) is 0 Å². The third-order valence-electron chi connectivity index (χ3n) is 3.45. The van der Waals surface area contributed by atoms with Crippen molar-refractivity contribution in [3.05, 3.63) is 29.3 Å². The summed E-state index contributed by atoms with van der Waals surface area (Å²) < 4.78 is 5.50. The first-order valence-corrected chi connectivity index (χ1v) is 6.67. The second-order valence-corrected chi connectivity index (χ2v) is 5.28. The number of carboxylic acids is 1. The van der Waals surface area contributed by atoms with Crippen molar-refractivity contribution in [3.63, 3.8) is 0 Å². The molecule has 1 fully saturated rings. The zero-order chi connectivity index (χ0) is 14.7. The monoisotopic (exact) mass is 277 g/mol. The molecule has 1 unspecified atom stereocenters. The van der Waals surface area contributed by atoms with Gasteiger partial charge in [-0.25, -0.2) is 0 Å². The molecule has 0 radical (unpaired) electrons. The molecule has 0 spiro atoms. The third-order valence-corrected chi connectivity index (χ3v) is 3.45. The van der Waals surface area contributed by atoms with Gasteiger partial charge in [-0.2, -0.15) is 0 Å². The fourth-order valence-electron chi connectivity index (χ4n) is 2.44. The second-order valence-electron chi connectivity index (χ2n) is 5.28. The molecule has 0 aromatic heterocycles. The highest BCUT2D eigenvalue weighted by atomic mass is 16.5. The predicted molar refractivity (Wildman–Crippen MR) is 73.7 cm³/mol. The standard InChI is InChI=1S/C15H19NO4/c1-10-5-11(2)7-13(6-10)20-9-14(17)16-4-3-12(8-16)15(18)19/h5-7,12H,3-4,8-9H2,1-2H3,(H,18,19). The van der Waals surface area contributed by atoms with Gasteiger partial charge in [-0.15, -0.1) is 0 Å². The van der Waals surface area contributed by atoms with E-state index in [1.807, 2.05) is 32.0 Å². The fourth-order valence-corrected chi connectivity index (χ4v) is 2.44. The van der Waals surface area contributed by atoms with Crippen molar-refractivity contribution in [3.8, 4) is 5.75 Å². The Labute approximate surface area is 118 Å². The van der Waals surface area contributed by atoms with E-state index in [4.69, 9.17) is 9.84 Å². The van der Waals surface area contributed by atoms with Crippen LogP contribution in [0.4, 0.5) is 0 Å². The molecule has 1 amide bonds. The topological polar surface area (TPSA) is 66.8 Å². The average molecular weight is 277 g/mol. The van der Waals surface area contributed by atoms with Crippen LogP contribution >= 0.6 is 0 Å². The number of amides is 1. The normalized spacial score (nSPS) is 18.1. The van der Waals surface area contributed by atoms with Crippen LogP contribution in [-0.2, 0) is 9.59 Å². The summed E-state index contributed by atoms with van der Waals surface area (Å²) in [6.07, 6.45) is 0.518.